The van der Waals surface area contributed by atoms with Gasteiger partial charge in [-0.15, -0.1) is 5.10 Å². The maximum absolute atomic E-state index is 10.1. The fraction of sp³-hybridized carbons (Fsp3) is 0.400. The number of hydrogen-bond donors (Lipinski definition) is 1. The van der Waals surface area contributed by atoms with Crippen LogP contribution < -0.4 is 0 Å². The summed E-state index contributed by atoms with van der Waals surface area (Å²) >= 11 is 3.24. The van der Waals surface area contributed by atoms with Crippen molar-refractivity contribution in [2.45, 2.75) is 19.4 Å². The van der Waals surface area contributed by atoms with Gasteiger partial charge in [-0.1, -0.05) is 12.1 Å². The Bertz CT molecular complexity index is 472. The van der Waals surface area contributed by atoms with Crippen molar-refractivity contribution < 1.29 is 9.52 Å². The molecular formula is C10H12BrN3O2. The molecule has 0 aliphatic carbocycles. The number of furan rings is 1. The van der Waals surface area contributed by atoms with Gasteiger partial charge in [0.05, 0.1) is 0 Å². The summed E-state index contributed by atoms with van der Waals surface area (Å²) in [5, 5.41) is 17.8. The van der Waals surface area contributed by atoms with Gasteiger partial charge < -0.3 is 9.52 Å². The summed E-state index contributed by atoms with van der Waals surface area (Å²) in [5.41, 5.74) is 0.581. The highest BCUT2D eigenvalue weighted by Gasteiger charge is 2.22. The van der Waals surface area contributed by atoms with E-state index in [1.165, 1.54) is 4.68 Å². The molecule has 0 spiro atoms. The molecular weight excluding hydrogens is 274 g/mol. The van der Waals surface area contributed by atoms with Crippen molar-refractivity contribution in [3.05, 3.63) is 34.0 Å². The molecule has 0 radical (unpaired) electrons. The minimum Gasteiger partial charge on any atom is -0.463 e. The summed E-state index contributed by atoms with van der Waals surface area (Å²) in [6.07, 6.45) is -0.0491. The van der Waals surface area contributed by atoms with E-state index in [1.54, 1.807) is 13.1 Å². The maximum Gasteiger partial charge on any atom is 0.156 e. The SMILES string of the molecule is CCc1ccc(C(O)c2c(Br)nnn2C)o1. The Morgan fingerprint density at radius 2 is 2.31 bits per heavy atom. The maximum atomic E-state index is 10.1. The van der Waals surface area contributed by atoms with E-state index in [2.05, 4.69) is 26.2 Å². The van der Waals surface area contributed by atoms with Gasteiger partial charge >= 0.3 is 0 Å². The molecule has 2 aromatic heterocycles. The van der Waals surface area contributed by atoms with Gasteiger partial charge in [-0.2, -0.15) is 0 Å². The van der Waals surface area contributed by atoms with Gasteiger partial charge in [0.1, 0.15) is 17.2 Å². The number of nitrogens with zero attached hydrogens (tertiary/aromatic N) is 3. The van der Waals surface area contributed by atoms with E-state index in [4.69, 9.17) is 4.42 Å². The van der Waals surface area contributed by atoms with E-state index in [0.717, 1.165) is 12.2 Å². The third kappa shape index (κ3) is 1.90. The van der Waals surface area contributed by atoms with Crippen LogP contribution in [0.4, 0.5) is 0 Å². The number of aliphatic hydroxyl groups excluding tert-OH is 1. The first-order chi connectivity index (χ1) is 7.63. The first-order valence-corrected chi connectivity index (χ1v) is 5.74. The third-order valence-electron chi connectivity index (χ3n) is 2.39. The van der Waals surface area contributed by atoms with Crippen LogP contribution in [0.25, 0.3) is 0 Å². The van der Waals surface area contributed by atoms with Crippen LogP contribution in [-0.4, -0.2) is 20.1 Å². The second-order valence-electron chi connectivity index (χ2n) is 3.45. The van der Waals surface area contributed by atoms with Gasteiger partial charge in [-0.05, 0) is 28.1 Å². The summed E-state index contributed by atoms with van der Waals surface area (Å²) < 4.78 is 7.53. The molecule has 1 atom stereocenters. The molecule has 1 N–H and O–H groups in total. The van der Waals surface area contributed by atoms with Gasteiger partial charge in [0.25, 0.3) is 0 Å². The van der Waals surface area contributed by atoms with Gasteiger partial charge in [0.2, 0.25) is 0 Å². The smallest absolute Gasteiger partial charge is 0.156 e. The van der Waals surface area contributed by atoms with E-state index in [-0.39, 0.29) is 0 Å². The molecule has 0 aliphatic heterocycles. The molecule has 0 bridgehead atoms. The molecule has 2 aromatic rings. The van der Waals surface area contributed by atoms with Crippen LogP contribution in [0.3, 0.4) is 0 Å². The molecule has 0 saturated carbocycles. The molecule has 16 heavy (non-hydrogen) atoms. The van der Waals surface area contributed by atoms with Crippen molar-refractivity contribution in [2.75, 3.05) is 0 Å². The summed E-state index contributed by atoms with van der Waals surface area (Å²) in [4.78, 5) is 0. The third-order valence-corrected chi connectivity index (χ3v) is 2.95. The lowest BCUT2D eigenvalue weighted by Crippen LogP contribution is -2.06. The van der Waals surface area contributed by atoms with E-state index in [1.807, 2.05) is 13.0 Å². The monoisotopic (exact) mass is 285 g/mol. The van der Waals surface area contributed by atoms with Crippen LogP contribution in [0.5, 0.6) is 0 Å². The van der Waals surface area contributed by atoms with E-state index < -0.39 is 6.10 Å². The molecule has 86 valence electrons. The Morgan fingerprint density at radius 3 is 2.81 bits per heavy atom. The minimum atomic E-state index is -0.852. The first-order valence-electron chi connectivity index (χ1n) is 4.95. The molecule has 0 fully saturated rings. The summed E-state index contributed by atoms with van der Waals surface area (Å²) in [7, 11) is 1.72. The highest BCUT2D eigenvalue weighted by molar-refractivity contribution is 9.10. The summed E-state index contributed by atoms with van der Waals surface area (Å²) in [6, 6.07) is 3.62. The largest absolute Gasteiger partial charge is 0.463 e. The van der Waals surface area contributed by atoms with Crippen LogP contribution in [0.2, 0.25) is 0 Å². The highest BCUT2D eigenvalue weighted by Crippen LogP contribution is 2.27. The lowest BCUT2D eigenvalue weighted by Gasteiger charge is -2.07. The van der Waals surface area contributed by atoms with Crippen molar-refractivity contribution in [1.29, 1.82) is 0 Å². The van der Waals surface area contributed by atoms with Gasteiger partial charge in [0, 0.05) is 13.5 Å². The van der Waals surface area contributed by atoms with Crippen molar-refractivity contribution in [3.63, 3.8) is 0 Å². The molecule has 1 unspecified atom stereocenters. The zero-order valence-electron chi connectivity index (χ0n) is 9.01. The minimum absolute atomic E-state index is 0.503. The Balaban J connectivity index is 2.34. The average molecular weight is 286 g/mol. The number of halogens is 1. The number of aryl methyl sites for hydroxylation is 2. The second kappa shape index (κ2) is 4.39. The topological polar surface area (TPSA) is 64.1 Å². The van der Waals surface area contributed by atoms with Gasteiger partial charge in [-0.3, -0.25) is 0 Å². The number of rotatable bonds is 3. The van der Waals surface area contributed by atoms with E-state index >= 15 is 0 Å². The number of aromatic nitrogens is 3. The number of hydrogen-bond acceptors (Lipinski definition) is 4. The fourth-order valence-electron chi connectivity index (χ4n) is 1.50. The lowest BCUT2D eigenvalue weighted by molar-refractivity contribution is 0.177. The Kier molecular flexibility index (Phi) is 3.11. The van der Waals surface area contributed by atoms with Crippen molar-refractivity contribution in [1.82, 2.24) is 15.0 Å². The molecule has 2 rings (SSSR count). The average Bonchev–Trinajstić information content (AvgIpc) is 2.85. The quantitative estimate of drug-likeness (QED) is 0.934. The predicted octanol–water partition coefficient (Wildman–Crippen LogP) is 1.81. The van der Waals surface area contributed by atoms with Crippen LogP contribution in [-0.2, 0) is 13.5 Å². The molecule has 0 amide bonds. The van der Waals surface area contributed by atoms with Gasteiger partial charge in [0.15, 0.2) is 10.7 Å². The Labute approximate surface area is 101 Å². The summed E-state index contributed by atoms with van der Waals surface area (Å²) in [5.74, 6) is 1.35. The molecule has 6 heteroatoms. The van der Waals surface area contributed by atoms with E-state index in [9.17, 15) is 5.11 Å². The second-order valence-corrected chi connectivity index (χ2v) is 4.20. The fourth-order valence-corrected chi connectivity index (χ4v) is 2.04. The first kappa shape index (κ1) is 11.3. The summed E-state index contributed by atoms with van der Waals surface area (Å²) in [6.45, 7) is 2.00. The van der Waals surface area contributed by atoms with Crippen molar-refractivity contribution in [3.8, 4) is 0 Å². The molecule has 0 aliphatic rings. The van der Waals surface area contributed by atoms with Crippen LogP contribution >= 0.6 is 15.9 Å². The Hall–Kier alpha value is -1.14. The van der Waals surface area contributed by atoms with Gasteiger partial charge in [-0.25, -0.2) is 4.68 Å². The number of aliphatic hydroxyl groups is 1. The normalized spacial score (nSPS) is 13.0. The zero-order valence-corrected chi connectivity index (χ0v) is 10.6. The van der Waals surface area contributed by atoms with Crippen LogP contribution in [0.1, 0.15) is 30.2 Å². The van der Waals surface area contributed by atoms with Crippen molar-refractivity contribution in [2.24, 2.45) is 7.05 Å². The van der Waals surface area contributed by atoms with Crippen LogP contribution in [0, 0.1) is 0 Å². The van der Waals surface area contributed by atoms with Crippen molar-refractivity contribution >= 4 is 15.9 Å². The lowest BCUT2D eigenvalue weighted by atomic mass is 10.2. The molecule has 5 nitrogen and oxygen atoms in total. The highest BCUT2D eigenvalue weighted by atomic mass is 79.9. The molecule has 0 aromatic carbocycles. The van der Waals surface area contributed by atoms with E-state index in [0.29, 0.717) is 16.1 Å². The predicted molar refractivity (Wildman–Crippen MR) is 60.9 cm³/mol. The zero-order chi connectivity index (χ0) is 11.7. The van der Waals surface area contributed by atoms with Crippen LogP contribution in [0.15, 0.2) is 21.2 Å². The molecule has 0 saturated heterocycles. The Morgan fingerprint density at radius 1 is 1.56 bits per heavy atom. The molecule has 2 heterocycles. The standard InChI is InChI=1S/C10H12BrN3O2/c1-3-6-4-5-7(16-6)9(15)8-10(11)12-13-14(8)2/h4-5,9,15H,3H2,1-2H3.